The molecule has 1 heterocycles. The van der Waals surface area contributed by atoms with Gasteiger partial charge in [-0.25, -0.2) is 9.67 Å². The van der Waals surface area contributed by atoms with Gasteiger partial charge in [0.25, 0.3) is 0 Å². The summed E-state index contributed by atoms with van der Waals surface area (Å²) in [5, 5.41) is 4.81. The molecular weight excluding hydrogens is 224 g/mol. The number of hydrogen-bond donors (Lipinski definition) is 1. The molecular formula is C11H13ClN4. The zero-order chi connectivity index (χ0) is 11.5. The summed E-state index contributed by atoms with van der Waals surface area (Å²) in [6.45, 7) is 1.96. The predicted molar refractivity (Wildman–Crippen MR) is 63.7 cm³/mol. The molecule has 2 N–H and O–H groups in total. The maximum absolute atomic E-state index is 5.98. The van der Waals surface area contributed by atoms with Gasteiger partial charge >= 0.3 is 0 Å². The molecule has 5 heteroatoms. The summed E-state index contributed by atoms with van der Waals surface area (Å²) in [4.78, 5) is 3.93. The molecule has 1 aromatic carbocycles. The lowest BCUT2D eigenvalue weighted by Crippen LogP contribution is -2.19. The monoisotopic (exact) mass is 236 g/mol. The zero-order valence-electron chi connectivity index (χ0n) is 8.97. The van der Waals surface area contributed by atoms with Gasteiger partial charge in [-0.2, -0.15) is 5.10 Å². The van der Waals surface area contributed by atoms with E-state index in [1.807, 2.05) is 25.1 Å². The van der Waals surface area contributed by atoms with E-state index in [4.69, 9.17) is 17.3 Å². The Hall–Kier alpha value is -1.39. The van der Waals surface area contributed by atoms with Crippen LogP contribution in [0.15, 0.2) is 30.9 Å². The van der Waals surface area contributed by atoms with Gasteiger partial charge < -0.3 is 5.73 Å². The molecule has 0 saturated heterocycles. The minimum Gasteiger partial charge on any atom is -0.328 e. The van der Waals surface area contributed by atoms with Crippen LogP contribution in [0.1, 0.15) is 12.5 Å². The topological polar surface area (TPSA) is 56.7 Å². The van der Waals surface area contributed by atoms with E-state index < -0.39 is 0 Å². The van der Waals surface area contributed by atoms with E-state index in [0.717, 1.165) is 17.7 Å². The van der Waals surface area contributed by atoms with E-state index in [1.54, 1.807) is 11.0 Å². The fourth-order valence-corrected chi connectivity index (χ4v) is 1.82. The van der Waals surface area contributed by atoms with Crippen LogP contribution in [0.2, 0.25) is 5.02 Å². The van der Waals surface area contributed by atoms with Crippen molar-refractivity contribution >= 4 is 11.6 Å². The van der Waals surface area contributed by atoms with E-state index in [2.05, 4.69) is 10.1 Å². The van der Waals surface area contributed by atoms with Crippen molar-refractivity contribution in [2.24, 2.45) is 5.73 Å². The normalized spacial score (nSPS) is 12.7. The van der Waals surface area contributed by atoms with Gasteiger partial charge in [-0.05, 0) is 37.1 Å². The Labute approximate surface area is 99.1 Å². The van der Waals surface area contributed by atoms with Crippen molar-refractivity contribution in [2.45, 2.75) is 19.4 Å². The van der Waals surface area contributed by atoms with Gasteiger partial charge in [0.2, 0.25) is 0 Å². The quantitative estimate of drug-likeness (QED) is 0.884. The first-order valence-electron chi connectivity index (χ1n) is 5.06. The van der Waals surface area contributed by atoms with Crippen LogP contribution in [-0.2, 0) is 6.42 Å². The van der Waals surface area contributed by atoms with Gasteiger partial charge in [0.15, 0.2) is 0 Å². The SMILES string of the molecule is CC(N)Cc1cc(Cl)ccc1-n1cncn1. The first-order chi connectivity index (χ1) is 7.66. The van der Waals surface area contributed by atoms with Gasteiger partial charge in [0, 0.05) is 11.1 Å². The number of aromatic nitrogens is 3. The van der Waals surface area contributed by atoms with Gasteiger partial charge in [-0.1, -0.05) is 11.6 Å². The summed E-state index contributed by atoms with van der Waals surface area (Å²) in [5.74, 6) is 0. The second-order valence-corrected chi connectivity index (χ2v) is 4.23. The highest BCUT2D eigenvalue weighted by Crippen LogP contribution is 2.20. The van der Waals surface area contributed by atoms with Crippen LogP contribution in [-0.4, -0.2) is 20.8 Å². The third-order valence-corrected chi connectivity index (χ3v) is 2.48. The lowest BCUT2D eigenvalue weighted by molar-refractivity contribution is 0.727. The maximum Gasteiger partial charge on any atom is 0.138 e. The first kappa shape index (κ1) is 11.1. The molecule has 0 aliphatic heterocycles. The Bertz CT molecular complexity index is 465. The van der Waals surface area contributed by atoms with Crippen LogP contribution in [0.4, 0.5) is 0 Å². The molecule has 84 valence electrons. The molecule has 0 saturated carbocycles. The number of nitrogens with zero attached hydrogens (tertiary/aromatic N) is 3. The van der Waals surface area contributed by atoms with Gasteiger partial charge in [0.05, 0.1) is 5.69 Å². The highest BCUT2D eigenvalue weighted by atomic mass is 35.5. The Morgan fingerprint density at radius 2 is 2.31 bits per heavy atom. The second kappa shape index (κ2) is 4.63. The average Bonchev–Trinajstić information content (AvgIpc) is 2.69. The highest BCUT2D eigenvalue weighted by molar-refractivity contribution is 6.30. The van der Waals surface area contributed by atoms with Crippen LogP contribution >= 0.6 is 11.6 Å². The van der Waals surface area contributed by atoms with Crippen molar-refractivity contribution in [3.8, 4) is 5.69 Å². The molecule has 0 radical (unpaired) electrons. The smallest absolute Gasteiger partial charge is 0.138 e. The molecule has 0 aliphatic rings. The summed E-state index contributed by atoms with van der Waals surface area (Å²) in [6, 6.07) is 5.76. The number of hydrogen-bond acceptors (Lipinski definition) is 3. The van der Waals surface area contributed by atoms with Crippen molar-refractivity contribution in [3.05, 3.63) is 41.4 Å². The number of benzene rings is 1. The molecule has 1 aromatic heterocycles. The molecule has 0 aliphatic carbocycles. The lowest BCUT2D eigenvalue weighted by Gasteiger charge is -2.11. The second-order valence-electron chi connectivity index (χ2n) is 3.79. The van der Waals surface area contributed by atoms with Crippen LogP contribution in [0.5, 0.6) is 0 Å². The molecule has 0 fully saturated rings. The summed E-state index contributed by atoms with van der Waals surface area (Å²) in [7, 11) is 0. The van der Waals surface area contributed by atoms with Gasteiger partial charge in [-0.15, -0.1) is 0 Å². The van der Waals surface area contributed by atoms with Crippen LogP contribution in [0.3, 0.4) is 0 Å². The molecule has 4 nitrogen and oxygen atoms in total. The Morgan fingerprint density at radius 1 is 1.50 bits per heavy atom. The van der Waals surface area contributed by atoms with Crippen molar-refractivity contribution in [1.29, 1.82) is 0 Å². The molecule has 1 atom stereocenters. The minimum atomic E-state index is 0.0840. The molecule has 2 aromatic rings. The van der Waals surface area contributed by atoms with Gasteiger partial charge in [0.1, 0.15) is 12.7 Å². The molecule has 16 heavy (non-hydrogen) atoms. The van der Waals surface area contributed by atoms with E-state index in [1.165, 1.54) is 6.33 Å². The molecule has 2 rings (SSSR count). The molecule has 0 spiro atoms. The zero-order valence-corrected chi connectivity index (χ0v) is 9.72. The number of nitrogens with two attached hydrogens (primary N) is 1. The van der Waals surface area contributed by atoms with Gasteiger partial charge in [-0.3, -0.25) is 0 Å². The predicted octanol–water partition coefficient (Wildman–Crippen LogP) is 1.81. The number of rotatable bonds is 3. The van der Waals surface area contributed by atoms with Crippen molar-refractivity contribution < 1.29 is 0 Å². The van der Waals surface area contributed by atoms with Crippen LogP contribution in [0, 0.1) is 0 Å². The lowest BCUT2D eigenvalue weighted by atomic mass is 10.1. The van der Waals surface area contributed by atoms with Crippen LogP contribution in [0.25, 0.3) is 5.69 Å². The van der Waals surface area contributed by atoms with Crippen molar-refractivity contribution in [2.75, 3.05) is 0 Å². The fourth-order valence-electron chi connectivity index (χ4n) is 1.62. The largest absolute Gasteiger partial charge is 0.328 e. The van der Waals surface area contributed by atoms with Crippen LogP contribution < -0.4 is 5.73 Å². The highest BCUT2D eigenvalue weighted by Gasteiger charge is 2.08. The number of halogens is 1. The molecule has 0 bridgehead atoms. The maximum atomic E-state index is 5.98. The minimum absolute atomic E-state index is 0.0840. The average molecular weight is 237 g/mol. The Kier molecular flexibility index (Phi) is 3.22. The van der Waals surface area contributed by atoms with E-state index in [0.29, 0.717) is 5.02 Å². The molecule has 0 amide bonds. The summed E-state index contributed by atoms with van der Waals surface area (Å²) in [6.07, 6.45) is 3.92. The first-order valence-corrected chi connectivity index (χ1v) is 5.43. The summed E-state index contributed by atoms with van der Waals surface area (Å²) in [5.41, 5.74) is 7.86. The van der Waals surface area contributed by atoms with Crippen molar-refractivity contribution in [3.63, 3.8) is 0 Å². The summed E-state index contributed by atoms with van der Waals surface area (Å²) < 4.78 is 1.72. The van der Waals surface area contributed by atoms with E-state index in [-0.39, 0.29) is 6.04 Å². The third kappa shape index (κ3) is 2.40. The molecule has 1 unspecified atom stereocenters. The van der Waals surface area contributed by atoms with E-state index in [9.17, 15) is 0 Å². The third-order valence-electron chi connectivity index (χ3n) is 2.25. The van der Waals surface area contributed by atoms with Crippen molar-refractivity contribution in [1.82, 2.24) is 14.8 Å². The Balaban J connectivity index is 2.44. The Morgan fingerprint density at radius 3 is 2.94 bits per heavy atom. The summed E-state index contributed by atoms with van der Waals surface area (Å²) >= 11 is 5.98. The van der Waals surface area contributed by atoms with E-state index >= 15 is 0 Å². The fraction of sp³-hybridized carbons (Fsp3) is 0.273. The standard InChI is InChI=1S/C11H13ClN4/c1-8(13)4-9-5-10(12)2-3-11(9)16-7-14-6-15-16/h2-3,5-8H,4,13H2,1H3.